The van der Waals surface area contributed by atoms with Crippen molar-refractivity contribution in [2.45, 2.75) is 6.42 Å². The molecular weight excluding hydrogens is 164 g/mol. The normalized spacial score (nSPS) is 11.7. The SMILES string of the molecule is C=CC/C(C(=O)O)=C(/O)C(=O)O. The first kappa shape index (κ1) is 10.2. The lowest BCUT2D eigenvalue weighted by Crippen LogP contribution is -2.10. The summed E-state index contributed by atoms with van der Waals surface area (Å²) in [5.74, 6) is -4.27. The van der Waals surface area contributed by atoms with Gasteiger partial charge in [-0.25, -0.2) is 9.59 Å². The second-order valence-electron chi connectivity index (χ2n) is 1.93. The molecule has 5 heteroatoms. The average Bonchev–Trinajstić information content (AvgIpc) is 1.98. The first-order valence-electron chi connectivity index (χ1n) is 3.00. The molecule has 0 radical (unpaired) electrons. The lowest BCUT2D eigenvalue weighted by Gasteiger charge is -1.98. The van der Waals surface area contributed by atoms with Crippen molar-refractivity contribution >= 4 is 11.9 Å². The van der Waals surface area contributed by atoms with Crippen molar-refractivity contribution in [3.63, 3.8) is 0 Å². The molecule has 0 amide bonds. The number of allylic oxidation sites excluding steroid dienone is 1. The zero-order valence-corrected chi connectivity index (χ0v) is 6.15. The quantitative estimate of drug-likeness (QED) is 0.327. The van der Waals surface area contributed by atoms with Gasteiger partial charge in [-0.2, -0.15) is 0 Å². The van der Waals surface area contributed by atoms with Gasteiger partial charge < -0.3 is 15.3 Å². The fourth-order valence-corrected chi connectivity index (χ4v) is 0.559. The van der Waals surface area contributed by atoms with E-state index in [2.05, 4.69) is 6.58 Å². The van der Waals surface area contributed by atoms with E-state index in [0.717, 1.165) is 0 Å². The molecule has 66 valence electrons. The molecule has 0 aliphatic carbocycles. The number of carboxylic acids is 2. The standard InChI is InChI=1S/C7H8O5/c1-2-3-4(6(9)10)5(8)7(11)12/h2,8H,1,3H2,(H,9,10)(H,11,12)/b5-4-. The maximum absolute atomic E-state index is 10.3. The molecule has 0 fully saturated rings. The first-order valence-corrected chi connectivity index (χ1v) is 3.00. The van der Waals surface area contributed by atoms with Crippen molar-refractivity contribution < 1.29 is 24.9 Å². The third kappa shape index (κ3) is 2.45. The summed E-state index contributed by atoms with van der Waals surface area (Å²) in [7, 11) is 0. The van der Waals surface area contributed by atoms with Crippen LogP contribution in [0.4, 0.5) is 0 Å². The monoisotopic (exact) mass is 172 g/mol. The van der Waals surface area contributed by atoms with Crippen LogP contribution in [0.2, 0.25) is 0 Å². The summed E-state index contributed by atoms with van der Waals surface area (Å²) < 4.78 is 0. The number of carboxylic acid groups (broad SMARTS) is 2. The van der Waals surface area contributed by atoms with E-state index in [1.807, 2.05) is 0 Å². The van der Waals surface area contributed by atoms with Crippen LogP contribution in [0.5, 0.6) is 0 Å². The van der Waals surface area contributed by atoms with E-state index in [1.165, 1.54) is 6.08 Å². The maximum Gasteiger partial charge on any atom is 0.371 e. The van der Waals surface area contributed by atoms with Gasteiger partial charge in [0.05, 0.1) is 5.57 Å². The summed E-state index contributed by atoms with van der Waals surface area (Å²) >= 11 is 0. The van der Waals surface area contributed by atoms with Gasteiger partial charge in [0.1, 0.15) is 0 Å². The highest BCUT2D eigenvalue weighted by Crippen LogP contribution is 2.07. The molecule has 12 heavy (non-hydrogen) atoms. The Labute approximate surface area is 68.3 Å². The van der Waals surface area contributed by atoms with Gasteiger partial charge in [0.25, 0.3) is 0 Å². The van der Waals surface area contributed by atoms with Crippen LogP contribution in [0.3, 0.4) is 0 Å². The van der Waals surface area contributed by atoms with Crippen molar-refractivity contribution in [2.24, 2.45) is 0 Å². The minimum absolute atomic E-state index is 0.187. The van der Waals surface area contributed by atoms with Crippen molar-refractivity contribution in [3.8, 4) is 0 Å². The van der Waals surface area contributed by atoms with Gasteiger partial charge in [0.15, 0.2) is 0 Å². The molecule has 0 rings (SSSR count). The van der Waals surface area contributed by atoms with E-state index in [-0.39, 0.29) is 6.42 Å². The number of aliphatic hydroxyl groups is 1. The number of carbonyl (C=O) groups is 2. The fourth-order valence-electron chi connectivity index (χ4n) is 0.559. The van der Waals surface area contributed by atoms with Crippen molar-refractivity contribution in [1.82, 2.24) is 0 Å². The van der Waals surface area contributed by atoms with Gasteiger partial charge in [-0.05, 0) is 0 Å². The molecule has 5 nitrogen and oxygen atoms in total. The fraction of sp³-hybridized carbons (Fsp3) is 0.143. The van der Waals surface area contributed by atoms with Gasteiger partial charge >= 0.3 is 11.9 Å². The summed E-state index contributed by atoms with van der Waals surface area (Å²) in [5, 5.41) is 25.4. The summed E-state index contributed by atoms with van der Waals surface area (Å²) in [5.41, 5.74) is -0.572. The molecule has 0 atom stereocenters. The first-order chi connectivity index (χ1) is 5.50. The Hall–Kier alpha value is -1.78. The van der Waals surface area contributed by atoms with E-state index in [4.69, 9.17) is 15.3 Å². The van der Waals surface area contributed by atoms with E-state index in [9.17, 15) is 9.59 Å². The number of aliphatic carboxylic acids is 2. The number of rotatable bonds is 4. The van der Waals surface area contributed by atoms with Crippen LogP contribution >= 0.6 is 0 Å². The van der Waals surface area contributed by atoms with Crippen LogP contribution in [0.1, 0.15) is 6.42 Å². The average molecular weight is 172 g/mol. The van der Waals surface area contributed by atoms with Gasteiger partial charge in [-0.1, -0.05) is 6.08 Å². The molecule has 3 N–H and O–H groups in total. The molecule has 0 aromatic rings. The molecule has 0 saturated carbocycles. The molecule has 0 bridgehead atoms. The Bertz CT molecular complexity index is 251. The summed E-state index contributed by atoms with van der Waals surface area (Å²) in [6.45, 7) is 3.22. The molecule has 0 aliphatic heterocycles. The molecule has 0 aromatic carbocycles. The lowest BCUT2D eigenvalue weighted by molar-refractivity contribution is -0.138. The highest BCUT2D eigenvalue weighted by atomic mass is 16.4. The second-order valence-corrected chi connectivity index (χ2v) is 1.93. The van der Waals surface area contributed by atoms with E-state index in [0.29, 0.717) is 0 Å². The Balaban J connectivity index is 4.92. The zero-order valence-electron chi connectivity index (χ0n) is 6.15. The predicted octanol–water partition coefficient (Wildman–Crippen LogP) is 0.544. The predicted molar refractivity (Wildman–Crippen MR) is 39.7 cm³/mol. The topological polar surface area (TPSA) is 94.8 Å². The smallest absolute Gasteiger partial charge is 0.371 e. The number of aliphatic hydroxyl groups excluding tert-OH is 1. The van der Waals surface area contributed by atoms with E-state index in [1.54, 1.807) is 0 Å². The minimum atomic E-state index is -1.66. The van der Waals surface area contributed by atoms with Gasteiger partial charge in [0, 0.05) is 6.42 Å². The second kappa shape index (κ2) is 4.17. The van der Waals surface area contributed by atoms with Crippen LogP contribution in [0, 0.1) is 0 Å². The van der Waals surface area contributed by atoms with E-state index >= 15 is 0 Å². The van der Waals surface area contributed by atoms with Crippen molar-refractivity contribution in [3.05, 3.63) is 24.0 Å². The zero-order chi connectivity index (χ0) is 9.72. The molecule has 0 aromatic heterocycles. The van der Waals surface area contributed by atoms with Crippen LogP contribution < -0.4 is 0 Å². The van der Waals surface area contributed by atoms with Crippen LogP contribution in [-0.4, -0.2) is 27.3 Å². The number of hydrogen-bond acceptors (Lipinski definition) is 3. The third-order valence-corrected chi connectivity index (χ3v) is 1.10. The Kier molecular flexibility index (Phi) is 3.55. The minimum Gasteiger partial charge on any atom is -0.501 e. The Morgan fingerprint density at radius 3 is 1.92 bits per heavy atom. The van der Waals surface area contributed by atoms with Crippen molar-refractivity contribution in [2.75, 3.05) is 0 Å². The molecule has 0 aliphatic rings. The molecule has 0 heterocycles. The molecule has 0 saturated heterocycles. The Morgan fingerprint density at radius 1 is 1.17 bits per heavy atom. The molecular formula is C7H8O5. The molecule has 0 unspecified atom stereocenters. The number of hydrogen-bond donors (Lipinski definition) is 3. The summed E-state index contributed by atoms with van der Waals surface area (Å²) in [6, 6.07) is 0. The molecule has 0 spiro atoms. The third-order valence-electron chi connectivity index (χ3n) is 1.10. The maximum atomic E-state index is 10.3. The van der Waals surface area contributed by atoms with Gasteiger partial charge in [-0.3, -0.25) is 0 Å². The van der Waals surface area contributed by atoms with Gasteiger partial charge in [0.2, 0.25) is 5.76 Å². The van der Waals surface area contributed by atoms with Crippen LogP contribution in [0.15, 0.2) is 24.0 Å². The largest absolute Gasteiger partial charge is 0.501 e. The van der Waals surface area contributed by atoms with Crippen molar-refractivity contribution in [1.29, 1.82) is 0 Å². The lowest BCUT2D eigenvalue weighted by atomic mass is 10.1. The van der Waals surface area contributed by atoms with Gasteiger partial charge in [-0.15, -0.1) is 6.58 Å². The Morgan fingerprint density at radius 2 is 1.67 bits per heavy atom. The highest BCUT2D eigenvalue weighted by molar-refractivity contribution is 5.97. The highest BCUT2D eigenvalue weighted by Gasteiger charge is 2.17. The van der Waals surface area contributed by atoms with E-state index < -0.39 is 23.3 Å². The van der Waals surface area contributed by atoms with Crippen LogP contribution in [0.25, 0.3) is 0 Å². The summed E-state index contributed by atoms with van der Waals surface area (Å²) in [4.78, 5) is 20.4. The summed E-state index contributed by atoms with van der Waals surface area (Å²) in [6.07, 6.45) is 1.01. The van der Waals surface area contributed by atoms with Crippen LogP contribution in [-0.2, 0) is 9.59 Å².